The summed E-state index contributed by atoms with van der Waals surface area (Å²) in [6.07, 6.45) is 0.986. The van der Waals surface area contributed by atoms with Crippen molar-refractivity contribution >= 4 is 27.5 Å². The molecule has 1 aromatic heterocycles. The first-order valence-corrected chi connectivity index (χ1v) is 11.4. The van der Waals surface area contributed by atoms with Gasteiger partial charge in [-0.05, 0) is 24.6 Å². The molecule has 0 saturated carbocycles. The van der Waals surface area contributed by atoms with Crippen LogP contribution >= 0.6 is 11.6 Å². The van der Waals surface area contributed by atoms with E-state index in [0.29, 0.717) is 49.6 Å². The fourth-order valence-electron chi connectivity index (χ4n) is 3.38. The molecule has 0 bridgehead atoms. The molecule has 1 aliphatic heterocycles. The van der Waals surface area contributed by atoms with Crippen molar-refractivity contribution in [3.63, 3.8) is 0 Å². The quantitative estimate of drug-likeness (QED) is 0.739. The van der Waals surface area contributed by atoms with E-state index in [1.807, 2.05) is 11.5 Å². The van der Waals surface area contributed by atoms with Crippen LogP contribution in [0.3, 0.4) is 0 Å². The van der Waals surface area contributed by atoms with E-state index in [-0.39, 0.29) is 11.7 Å². The summed E-state index contributed by atoms with van der Waals surface area (Å²) in [7, 11) is -3.46. The molecule has 0 radical (unpaired) electrons. The molecular weight excluding hydrogens is 400 g/mol. The molecular formula is C19H25ClN4O3S. The molecule has 0 fully saturated rings. The van der Waals surface area contributed by atoms with Gasteiger partial charge >= 0.3 is 0 Å². The molecule has 1 amide bonds. The van der Waals surface area contributed by atoms with Gasteiger partial charge in [-0.15, -0.1) is 0 Å². The first-order chi connectivity index (χ1) is 13.3. The van der Waals surface area contributed by atoms with Crippen molar-refractivity contribution in [2.24, 2.45) is 0 Å². The minimum absolute atomic E-state index is 0.0317. The number of hydrogen-bond acceptors (Lipinski definition) is 4. The van der Waals surface area contributed by atoms with Gasteiger partial charge in [0.1, 0.15) is 5.82 Å². The van der Waals surface area contributed by atoms with Gasteiger partial charge in [0, 0.05) is 31.0 Å². The smallest absolute Gasteiger partial charge is 0.220 e. The Morgan fingerprint density at radius 2 is 1.96 bits per heavy atom. The number of nitrogens with zero attached hydrogens (tertiary/aromatic N) is 3. The van der Waals surface area contributed by atoms with Crippen LogP contribution in [0.25, 0.3) is 0 Å². The van der Waals surface area contributed by atoms with Crippen molar-refractivity contribution in [3.8, 4) is 0 Å². The van der Waals surface area contributed by atoms with Crippen molar-refractivity contribution in [2.75, 3.05) is 6.54 Å². The molecule has 2 heterocycles. The number of benzene rings is 1. The summed E-state index contributed by atoms with van der Waals surface area (Å²) >= 11 is 5.88. The first kappa shape index (κ1) is 20.8. The Labute approximate surface area is 170 Å². The van der Waals surface area contributed by atoms with Crippen LogP contribution in [0.5, 0.6) is 0 Å². The van der Waals surface area contributed by atoms with E-state index in [9.17, 15) is 13.2 Å². The fourth-order valence-corrected chi connectivity index (χ4v) is 4.99. The average Bonchev–Trinajstić information content (AvgIpc) is 3.04. The van der Waals surface area contributed by atoms with Gasteiger partial charge in [-0.2, -0.15) is 4.31 Å². The van der Waals surface area contributed by atoms with Crippen molar-refractivity contribution in [3.05, 3.63) is 52.1 Å². The molecule has 0 saturated heterocycles. The van der Waals surface area contributed by atoms with Gasteiger partial charge in [0.05, 0.1) is 30.2 Å². The van der Waals surface area contributed by atoms with E-state index in [4.69, 9.17) is 11.6 Å². The molecule has 0 unspecified atom stereocenters. The van der Waals surface area contributed by atoms with Crippen LogP contribution in [0, 0.1) is 0 Å². The molecule has 0 atom stereocenters. The Bertz CT molecular complexity index is 954. The van der Waals surface area contributed by atoms with Gasteiger partial charge in [-0.25, -0.2) is 13.4 Å². The van der Waals surface area contributed by atoms with Crippen LogP contribution in [0.2, 0.25) is 5.02 Å². The van der Waals surface area contributed by atoms with Crippen LogP contribution in [-0.4, -0.2) is 34.7 Å². The first-order valence-electron chi connectivity index (χ1n) is 9.40. The van der Waals surface area contributed by atoms with Gasteiger partial charge < -0.3 is 9.88 Å². The molecule has 9 heteroatoms. The number of aromatic nitrogens is 2. The maximum Gasteiger partial charge on any atom is 0.220 e. The highest BCUT2D eigenvalue weighted by Crippen LogP contribution is 2.24. The van der Waals surface area contributed by atoms with Gasteiger partial charge in [0.2, 0.25) is 15.9 Å². The highest BCUT2D eigenvalue weighted by Gasteiger charge is 2.30. The summed E-state index contributed by atoms with van der Waals surface area (Å²) in [6.45, 7) is 5.53. The Morgan fingerprint density at radius 3 is 2.61 bits per heavy atom. The lowest BCUT2D eigenvalue weighted by Crippen LogP contribution is -2.37. The highest BCUT2D eigenvalue weighted by atomic mass is 35.5. The molecule has 152 valence electrons. The maximum atomic E-state index is 12.9. The topological polar surface area (TPSA) is 84.3 Å². The van der Waals surface area contributed by atoms with E-state index in [2.05, 4.69) is 10.3 Å². The van der Waals surface area contributed by atoms with Crippen LogP contribution in [0.4, 0.5) is 0 Å². The third kappa shape index (κ3) is 4.56. The Morgan fingerprint density at radius 1 is 1.25 bits per heavy atom. The third-order valence-electron chi connectivity index (χ3n) is 4.90. The van der Waals surface area contributed by atoms with E-state index in [0.717, 1.165) is 17.2 Å². The number of rotatable bonds is 7. The summed E-state index contributed by atoms with van der Waals surface area (Å²) in [6, 6.07) is 6.87. The summed E-state index contributed by atoms with van der Waals surface area (Å²) in [5, 5.41) is 3.43. The Kier molecular flexibility index (Phi) is 6.42. The number of hydrogen-bond donors (Lipinski definition) is 1. The van der Waals surface area contributed by atoms with Crippen molar-refractivity contribution < 1.29 is 13.2 Å². The van der Waals surface area contributed by atoms with Gasteiger partial charge in [0.25, 0.3) is 0 Å². The second-order valence-electron chi connectivity index (χ2n) is 6.76. The maximum absolute atomic E-state index is 12.9. The Balaban J connectivity index is 1.78. The number of fused-ring (bicyclic) bond motifs is 1. The number of halogens is 1. The second kappa shape index (κ2) is 8.63. The van der Waals surface area contributed by atoms with Crippen LogP contribution in [0.15, 0.2) is 24.3 Å². The molecule has 2 aromatic rings. The zero-order valence-corrected chi connectivity index (χ0v) is 17.7. The standard InChI is InChI=1S/C19H25ClN4O3S/c1-3-19(25)21-11-18-22-16-9-10-23(12-17(16)24(18)4-2)28(26,27)13-14-5-7-15(20)8-6-14/h5-8H,3-4,9-13H2,1-2H3,(H,21,25). The zero-order chi connectivity index (χ0) is 20.3. The lowest BCUT2D eigenvalue weighted by Gasteiger charge is -2.27. The van der Waals surface area contributed by atoms with Crippen molar-refractivity contribution in [1.29, 1.82) is 0 Å². The number of imidazole rings is 1. The molecule has 0 spiro atoms. The molecule has 0 aliphatic carbocycles. The van der Waals surface area contributed by atoms with Gasteiger partial charge in [0.15, 0.2) is 0 Å². The monoisotopic (exact) mass is 424 g/mol. The Hall–Kier alpha value is -1.90. The molecule has 1 aliphatic rings. The number of carbonyl (C=O) groups is 1. The lowest BCUT2D eigenvalue weighted by molar-refractivity contribution is -0.120. The third-order valence-corrected chi connectivity index (χ3v) is 6.94. The van der Waals surface area contributed by atoms with E-state index >= 15 is 0 Å². The van der Waals surface area contributed by atoms with Crippen LogP contribution < -0.4 is 5.32 Å². The summed E-state index contributed by atoms with van der Waals surface area (Å²) < 4.78 is 29.4. The largest absolute Gasteiger partial charge is 0.349 e. The summed E-state index contributed by atoms with van der Waals surface area (Å²) in [4.78, 5) is 16.2. The lowest BCUT2D eigenvalue weighted by atomic mass is 10.2. The van der Waals surface area contributed by atoms with E-state index in [1.165, 1.54) is 4.31 Å². The molecule has 1 N–H and O–H groups in total. The summed E-state index contributed by atoms with van der Waals surface area (Å²) in [5.74, 6) is 0.682. The van der Waals surface area contributed by atoms with Crippen molar-refractivity contribution in [1.82, 2.24) is 19.2 Å². The SMILES string of the molecule is CCC(=O)NCc1nc2c(n1CC)CN(S(=O)(=O)Cc1ccc(Cl)cc1)CC2. The average molecular weight is 425 g/mol. The van der Waals surface area contributed by atoms with Crippen LogP contribution in [-0.2, 0) is 46.6 Å². The van der Waals surface area contributed by atoms with E-state index < -0.39 is 10.0 Å². The number of amides is 1. The molecule has 1 aromatic carbocycles. The predicted molar refractivity (Wildman–Crippen MR) is 108 cm³/mol. The number of carbonyl (C=O) groups excluding carboxylic acids is 1. The molecule has 28 heavy (non-hydrogen) atoms. The predicted octanol–water partition coefficient (Wildman–Crippen LogP) is 2.47. The van der Waals surface area contributed by atoms with E-state index in [1.54, 1.807) is 31.2 Å². The van der Waals surface area contributed by atoms with Crippen molar-refractivity contribution in [2.45, 2.75) is 52.1 Å². The van der Waals surface area contributed by atoms with Gasteiger partial charge in [-0.1, -0.05) is 30.7 Å². The minimum atomic E-state index is -3.46. The van der Waals surface area contributed by atoms with Crippen LogP contribution in [0.1, 0.15) is 43.0 Å². The zero-order valence-electron chi connectivity index (χ0n) is 16.1. The molecule has 3 rings (SSSR count). The van der Waals surface area contributed by atoms with Gasteiger partial charge in [-0.3, -0.25) is 4.79 Å². The highest BCUT2D eigenvalue weighted by molar-refractivity contribution is 7.88. The second-order valence-corrected chi connectivity index (χ2v) is 9.17. The molecule has 7 nitrogen and oxygen atoms in total. The summed E-state index contributed by atoms with van der Waals surface area (Å²) in [5.41, 5.74) is 2.54. The normalized spacial score (nSPS) is 14.7. The minimum Gasteiger partial charge on any atom is -0.349 e. The fraction of sp³-hybridized carbons (Fsp3) is 0.474. The number of sulfonamides is 1. The number of nitrogens with one attached hydrogen (secondary N) is 1.